The number of aromatic nitrogens is 3. The summed E-state index contributed by atoms with van der Waals surface area (Å²) in [6.45, 7) is 3.48. The summed E-state index contributed by atoms with van der Waals surface area (Å²) in [6, 6.07) is 2.11. The van der Waals surface area contributed by atoms with Crippen molar-refractivity contribution in [2.45, 2.75) is 25.6 Å². The molecule has 9 nitrogen and oxygen atoms in total. The zero-order valence-electron chi connectivity index (χ0n) is 14.9. The van der Waals surface area contributed by atoms with E-state index in [0.29, 0.717) is 25.2 Å². The van der Waals surface area contributed by atoms with Crippen molar-refractivity contribution < 1.29 is 13.2 Å². The number of amides is 1. The van der Waals surface area contributed by atoms with E-state index in [1.54, 1.807) is 11.2 Å². The van der Waals surface area contributed by atoms with Gasteiger partial charge in [0.25, 0.3) is 5.91 Å². The molecule has 0 saturated carbocycles. The van der Waals surface area contributed by atoms with Gasteiger partial charge in [0.15, 0.2) is 9.84 Å². The molecular weight excluding hydrogens is 370 g/mol. The van der Waals surface area contributed by atoms with Gasteiger partial charge in [-0.25, -0.2) is 13.4 Å². The average Bonchev–Trinajstić information content (AvgIpc) is 3.17. The minimum atomic E-state index is -3.23. The van der Waals surface area contributed by atoms with E-state index in [2.05, 4.69) is 19.9 Å². The number of carbonyl (C=O) groups is 1. The van der Waals surface area contributed by atoms with Crippen LogP contribution >= 0.6 is 0 Å². The molecule has 0 spiro atoms. The van der Waals surface area contributed by atoms with Crippen LogP contribution in [-0.4, -0.2) is 75.8 Å². The Bertz CT molecular complexity index is 1010. The number of hydrogen-bond donors (Lipinski definition) is 2. The third-order valence-electron chi connectivity index (χ3n) is 5.37. The van der Waals surface area contributed by atoms with Gasteiger partial charge in [-0.3, -0.25) is 14.5 Å². The van der Waals surface area contributed by atoms with E-state index in [1.807, 2.05) is 6.92 Å². The van der Waals surface area contributed by atoms with Gasteiger partial charge in [0.1, 0.15) is 0 Å². The lowest BCUT2D eigenvalue weighted by molar-refractivity contribution is 0.0301. The number of H-pyrrole nitrogens is 2. The van der Waals surface area contributed by atoms with E-state index in [1.165, 1.54) is 18.3 Å². The smallest absolute Gasteiger partial charge is 0.255 e. The molecule has 144 valence electrons. The van der Waals surface area contributed by atoms with Crippen LogP contribution in [0.25, 0.3) is 0 Å². The predicted octanol–water partition coefficient (Wildman–Crippen LogP) is -0.470. The molecular formula is C17H21N5O4S. The average molecular weight is 391 g/mol. The number of aromatic amines is 2. The van der Waals surface area contributed by atoms with Crippen molar-refractivity contribution in [2.75, 3.05) is 24.6 Å². The molecule has 4 heterocycles. The molecule has 4 rings (SSSR count). The summed E-state index contributed by atoms with van der Waals surface area (Å²) in [7, 11) is -3.23. The Kier molecular flexibility index (Phi) is 4.39. The Hall–Kier alpha value is -2.46. The molecule has 2 aliphatic heterocycles. The van der Waals surface area contributed by atoms with Crippen LogP contribution in [0, 0.1) is 6.92 Å². The number of aryl methyl sites for hydroxylation is 1. The van der Waals surface area contributed by atoms with Crippen molar-refractivity contribution in [2.24, 2.45) is 0 Å². The highest BCUT2D eigenvalue weighted by Crippen LogP contribution is 2.29. The van der Waals surface area contributed by atoms with Crippen LogP contribution in [-0.2, 0) is 16.4 Å². The molecule has 0 aromatic carbocycles. The molecule has 27 heavy (non-hydrogen) atoms. The lowest BCUT2D eigenvalue weighted by atomic mass is 10.0. The quantitative estimate of drug-likeness (QED) is 0.730. The van der Waals surface area contributed by atoms with Gasteiger partial charge in [0.2, 0.25) is 5.56 Å². The van der Waals surface area contributed by atoms with E-state index >= 15 is 0 Å². The predicted molar refractivity (Wildman–Crippen MR) is 98.1 cm³/mol. The fourth-order valence-electron chi connectivity index (χ4n) is 3.92. The van der Waals surface area contributed by atoms with Crippen LogP contribution in [0.4, 0.5) is 0 Å². The fraction of sp³-hybridized carbons (Fsp3) is 0.471. The summed E-state index contributed by atoms with van der Waals surface area (Å²) in [5.74, 6) is -0.256. The van der Waals surface area contributed by atoms with Crippen LogP contribution in [0.2, 0.25) is 0 Å². The Morgan fingerprint density at radius 2 is 2.00 bits per heavy atom. The van der Waals surface area contributed by atoms with E-state index in [0.717, 1.165) is 11.4 Å². The normalized spacial score (nSPS) is 24.7. The molecule has 2 aromatic rings. The second-order valence-electron chi connectivity index (χ2n) is 7.10. The van der Waals surface area contributed by atoms with E-state index in [-0.39, 0.29) is 29.0 Å². The van der Waals surface area contributed by atoms with Gasteiger partial charge >= 0.3 is 0 Å². The van der Waals surface area contributed by atoms with Crippen LogP contribution < -0.4 is 5.56 Å². The molecule has 2 saturated heterocycles. The molecule has 10 heteroatoms. The number of imidazole rings is 1. The summed E-state index contributed by atoms with van der Waals surface area (Å²) in [4.78, 5) is 37.7. The van der Waals surface area contributed by atoms with Crippen LogP contribution in [0.3, 0.4) is 0 Å². The summed E-state index contributed by atoms with van der Waals surface area (Å²) >= 11 is 0. The molecule has 2 atom stereocenters. The van der Waals surface area contributed by atoms with Gasteiger partial charge in [-0.2, -0.15) is 0 Å². The van der Waals surface area contributed by atoms with Crippen LogP contribution in [0.15, 0.2) is 29.5 Å². The van der Waals surface area contributed by atoms with E-state index in [9.17, 15) is 18.0 Å². The molecule has 2 aliphatic rings. The number of pyridine rings is 1. The Morgan fingerprint density at radius 1 is 1.22 bits per heavy atom. The van der Waals surface area contributed by atoms with Crippen molar-refractivity contribution >= 4 is 15.7 Å². The maximum Gasteiger partial charge on any atom is 0.255 e. The third kappa shape index (κ3) is 3.42. The first-order valence-electron chi connectivity index (χ1n) is 8.77. The SMILES string of the molecule is Cc1[nH]cnc1CN1CCN(C(=O)c2ccc(=O)[nH]c2)[C@H]2CS(=O)(=O)C[C@H]21. The van der Waals surface area contributed by atoms with Crippen molar-refractivity contribution in [1.82, 2.24) is 24.8 Å². The Morgan fingerprint density at radius 3 is 2.67 bits per heavy atom. The molecule has 0 unspecified atom stereocenters. The monoisotopic (exact) mass is 391 g/mol. The zero-order chi connectivity index (χ0) is 19.2. The van der Waals surface area contributed by atoms with Crippen molar-refractivity contribution in [3.63, 3.8) is 0 Å². The first kappa shape index (κ1) is 17.9. The number of rotatable bonds is 3. The first-order valence-corrected chi connectivity index (χ1v) is 10.6. The molecule has 1 amide bonds. The van der Waals surface area contributed by atoms with Gasteiger partial charge < -0.3 is 14.9 Å². The van der Waals surface area contributed by atoms with Crippen LogP contribution in [0.5, 0.6) is 0 Å². The summed E-state index contributed by atoms with van der Waals surface area (Å²) < 4.78 is 24.7. The minimum absolute atomic E-state index is 0.0382. The van der Waals surface area contributed by atoms with Gasteiger partial charge in [0.05, 0.1) is 35.1 Å². The van der Waals surface area contributed by atoms with Gasteiger partial charge in [0, 0.05) is 43.6 Å². The highest BCUT2D eigenvalue weighted by molar-refractivity contribution is 7.91. The number of nitrogens with zero attached hydrogens (tertiary/aromatic N) is 3. The molecule has 2 fully saturated rings. The maximum atomic E-state index is 12.9. The summed E-state index contributed by atoms with van der Waals surface area (Å²) in [5, 5.41) is 0. The number of hydrogen-bond acceptors (Lipinski definition) is 6. The molecule has 2 aromatic heterocycles. The number of nitrogens with one attached hydrogen (secondary N) is 2. The highest BCUT2D eigenvalue weighted by atomic mass is 32.2. The molecule has 0 aliphatic carbocycles. The zero-order valence-corrected chi connectivity index (χ0v) is 15.7. The molecule has 0 bridgehead atoms. The summed E-state index contributed by atoms with van der Waals surface area (Å²) in [5.41, 5.74) is 1.92. The maximum absolute atomic E-state index is 12.9. The largest absolute Gasteiger partial charge is 0.348 e. The minimum Gasteiger partial charge on any atom is -0.348 e. The van der Waals surface area contributed by atoms with E-state index in [4.69, 9.17) is 0 Å². The Labute approximate surface area is 156 Å². The molecule has 2 N–H and O–H groups in total. The lowest BCUT2D eigenvalue weighted by Crippen LogP contribution is -2.60. The standard InChI is InChI=1S/C17H21N5O4S/c1-11-13(20-10-19-11)7-21-4-5-22(15-9-27(25,26)8-14(15)21)17(24)12-2-3-16(23)18-6-12/h2-3,6,10,14-15H,4-5,7-9H2,1H3,(H,18,23)(H,19,20)/t14-,15+/m1/s1. The lowest BCUT2D eigenvalue weighted by Gasteiger charge is -2.43. The van der Waals surface area contributed by atoms with Crippen molar-refractivity contribution in [1.29, 1.82) is 0 Å². The van der Waals surface area contributed by atoms with Gasteiger partial charge in [-0.05, 0) is 13.0 Å². The van der Waals surface area contributed by atoms with Crippen molar-refractivity contribution in [3.8, 4) is 0 Å². The second kappa shape index (κ2) is 6.61. The van der Waals surface area contributed by atoms with E-state index < -0.39 is 15.9 Å². The van der Waals surface area contributed by atoms with Gasteiger partial charge in [-0.15, -0.1) is 0 Å². The topological polar surface area (TPSA) is 119 Å². The van der Waals surface area contributed by atoms with Crippen LogP contribution in [0.1, 0.15) is 21.7 Å². The first-order chi connectivity index (χ1) is 12.8. The number of piperazine rings is 1. The van der Waals surface area contributed by atoms with Crippen molar-refractivity contribution in [3.05, 3.63) is 52.0 Å². The fourth-order valence-corrected chi connectivity index (χ4v) is 5.93. The van der Waals surface area contributed by atoms with Gasteiger partial charge in [-0.1, -0.05) is 0 Å². The number of fused-ring (bicyclic) bond motifs is 1. The number of sulfone groups is 1. The highest BCUT2D eigenvalue weighted by Gasteiger charge is 2.48. The Balaban J connectivity index is 1.60. The third-order valence-corrected chi connectivity index (χ3v) is 7.07. The second-order valence-corrected chi connectivity index (χ2v) is 9.25. The molecule has 0 radical (unpaired) electrons. The number of carbonyl (C=O) groups excluding carboxylic acids is 1. The summed E-state index contributed by atoms with van der Waals surface area (Å²) in [6.07, 6.45) is 3.01.